The standard InChI is InChI=1S/C21H27N3O4S/c1-13(2)28-10-6-9-22-20(25)18-12-15-19(23-24(3)21(15)29-18)14-7-8-16(26-4)17(11-14)27-5/h7-8,11-13H,6,9-10H2,1-5H3,(H,22,25). The SMILES string of the molecule is COc1ccc(-c2nn(C)c3sc(C(=O)NCCCOC(C)C)cc23)cc1OC. The first-order chi connectivity index (χ1) is 13.9. The Bertz CT molecular complexity index is 993. The molecule has 29 heavy (non-hydrogen) atoms. The van der Waals surface area contributed by atoms with E-state index in [1.807, 2.05) is 45.2 Å². The highest BCUT2D eigenvalue weighted by Gasteiger charge is 2.19. The minimum absolute atomic E-state index is 0.0750. The van der Waals surface area contributed by atoms with Crippen molar-refractivity contribution in [3.63, 3.8) is 0 Å². The number of methoxy groups -OCH3 is 2. The number of ether oxygens (including phenoxy) is 3. The van der Waals surface area contributed by atoms with Gasteiger partial charge in [-0.05, 0) is 44.5 Å². The Morgan fingerprint density at radius 3 is 2.66 bits per heavy atom. The number of nitrogens with one attached hydrogen (secondary N) is 1. The third-order valence-electron chi connectivity index (χ3n) is 4.45. The van der Waals surface area contributed by atoms with Crippen LogP contribution in [0.1, 0.15) is 29.9 Å². The number of nitrogens with zero attached hydrogens (tertiary/aromatic N) is 2. The molecular formula is C21H27N3O4S. The highest BCUT2D eigenvalue weighted by atomic mass is 32.1. The average molecular weight is 418 g/mol. The zero-order chi connectivity index (χ0) is 21.0. The number of aryl methyl sites for hydroxylation is 1. The van der Waals surface area contributed by atoms with Crippen LogP contribution in [-0.2, 0) is 11.8 Å². The molecule has 0 fully saturated rings. The molecule has 0 aliphatic rings. The van der Waals surface area contributed by atoms with E-state index in [0.29, 0.717) is 29.5 Å². The molecule has 1 N–H and O–H groups in total. The van der Waals surface area contributed by atoms with Crippen molar-refractivity contribution in [2.75, 3.05) is 27.4 Å². The van der Waals surface area contributed by atoms with Gasteiger partial charge in [0.05, 0.1) is 25.2 Å². The molecule has 3 rings (SSSR count). The van der Waals surface area contributed by atoms with Crippen LogP contribution in [-0.4, -0.2) is 49.2 Å². The van der Waals surface area contributed by atoms with Crippen LogP contribution in [0, 0.1) is 0 Å². The van der Waals surface area contributed by atoms with Gasteiger partial charge in [-0.15, -0.1) is 11.3 Å². The normalized spacial score (nSPS) is 11.2. The van der Waals surface area contributed by atoms with E-state index in [2.05, 4.69) is 10.4 Å². The number of carbonyl (C=O) groups is 1. The number of aromatic nitrogens is 2. The van der Waals surface area contributed by atoms with Crippen molar-refractivity contribution >= 4 is 27.5 Å². The first-order valence-corrected chi connectivity index (χ1v) is 10.3. The van der Waals surface area contributed by atoms with E-state index >= 15 is 0 Å². The fourth-order valence-corrected chi connectivity index (χ4v) is 4.02. The molecule has 1 aromatic carbocycles. The number of benzene rings is 1. The van der Waals surface area contributed by atoms with E-state index in [1.165, 1.54) is 11.3 Å². The van der Waals surface area contributed by atoms with Crippen LogP contribution in [0.25, 0.3) is 21.5 Å². The minimum Gasteiger partial charge on any atom is -0.493 e. The molecule has 2 aromatic heterocycles. The lowest BCUT2D eigenvalue weighted by atomic mass is 10.1. The van der Waals surface area contributed by atoms with Gasteiger partial charge in [0, 0.05) is 31.1 Å². The molecule has 2 heterocycles. The van der Waals surface area contributed by atoms with E-state index < -0.39 is 0 Å². The van der Waals surface area contributed by atoms with Crippen molar-refractivity contribution < 1.29 is 19.0 Å². The highest BCUT2D eigenvalue weighted by Crippen LogP contribution is 2.37. The van der Waals surface area contributed by atoms with Crippen LogP contribution < -0.4 is 14.8 Å². The Morgan fingerprint density at radius 1 is 1.21 bits per heavy atom. The third-order valence-corrected chi connectivity index (χ3v) is 5.65. The second-order valence-corrected chi connectivity index (χ2v) is 7.93. The third kappa shape index (κ3) is 4.71. The lowest BCUT2D eigenvalue weighted by Crippen LogP contribution is -2.24. The fraction of sp³-hybridized carbons (Fsp3) is 0.429. The summed E-state index contributed by atoms with van der Waals surface area (Å²) in [5, 5.41) is 8.54. The molecular weight excluding hydrogens is 390 g/mol. The van der Waals surface area contributed by atoms with E-state index in [-0.39, 0.29) is 12.0 Å². The number of hydrogen-bond donors (Lipinski definition) is 1. The number of carbonyl (C=O) groups excluding carboxylic acids is 1. The number of hydrogen-bond acceptors (Lipinski definition) is 6. The van der Waals surface area contributed by atoms with Crippen molar-refractivity contribution in [2.45, 2.75) is 26.4 Å². The number of amides is 1. The van der Waals surface area contributed by atoms with Crippen molar-refractivity contribution in [1.29, 1.82) is 0 Å². The summed E-state index contributed by atoms with van der Waals surface area (Å²) in [6.45, 7) is 5.22. The molecule has 0 spiro atoms. The summed E-state index contributed by atoms with van der Waals surface area (Å²) in [5.74, 6) is 1.23. The van der Waals surface area contributed by atoms with Gasteiger partial charge in [-0.1, -0.05) is 0 Å². The summed E-state index contributed by atoms with van der Waals surface area (Å²) >= 11 is 1.44. The molecule has 3 aromatic rings. The second-order valence-electron chi connectivity index (χ2n) is 6.90. The average Bonchev–Trinajstić information content (AvgIpc) is 3.27. The molecule has 0 atom stereocenters. The number of thiophene rings is 1. The summed E-state index contributed by atoms with van der Waals surface area (Å²) in [6.07, 6.45) is 0.989. The van der Waals surface area contributed by atoms with Crippen LogP contribution in [0.2, 0.25) is 0 Å². The van der Waals surface area contributed by atoms with Crippen molar-refractivity contribution in [3.05, 3.63) is 29.1 Å². The van der Waals surface area contributed by atoms with Crippen LogP contribution in [0.3, 0.4) is 0 Å². The molecule has 0 aliphatic carbocycles. The summed E-state index contributed by atoms with van der Waals surface area (Å²) in [7, 11) is 5.10. The van der Waals surface area contributed by atoms with Gasteiger partial charge >= 0.3 is 0 Å². The molecule has 7 nitrogen and oxygen atoms in total. The molecule has 156 valence electrons. The van der Waals surface area contributed by atoms with Crippen LogP contribution in [0.15, 0.2) is 24.3 Å². The zero-order valence-corrected chi connectivity index (χ0v) is 18.3. The predicted octanol–water partition coefficient (Wildman–Crippen LogP) is 3.86. The van der Waals surface area contributed by atoms with Gasteiger partial charge in [-0.25, -0.2) is 0 Å². The van der Waals surface area contributed by atoms with E-state index in [0.717, 1.165) is 27.9 Å². The van der Waals surface area contributed by atoms with Crippen molar-refractivity contribution in [1.82, 2.24) is 15.1 Å². The van der Waals surface area contributed by atoms with Gasteiger partial charge in [-0.3, -0.25) is 9.48 Å². The highest BCUT2D eigenvalue weighted by molar-refractivity contribution is 7.20. The quantitative estimate of drug-likeness (QED) is 0.535. The Balaban J connectivity index is 1.80. The van der Waals surface area contributed by atoms with Crippen LogP contribution in [0.4, 0.5) is 0 Å². The number of fused-ring (bicyclic) bond motifs is 1. The fourth-order valence-electron chi connectivity index (χ4n) is 3.03. The van der Waals surface area contributed by atoms with Crippen LogP contribution in [0.5, 0.6) is 11.5 Å². The molecule has 0 unspecified atom stereocenters. The number of rotatable bonds is 9. The van der Waals surface area contributed by atoms with Crippen LogP contribution >= 0.6 is 11.3 Å². The molecule has 8 heteroatoms. The lowest BCUT2D eigenvalue weighted by molar-refractivity contribution is 0.0757. The molecule has 0 saturated heterocycles. The zero-order valence-electron chi connectivity index (χ0n) is 17.4. The Morgan fingerprint density at radius 2 is 1.97 bits per heavy atom. The summed E-state index contributed by atoms with van der Waals surface area (Å²) in [5.41, 5.74) is 1.72. The van der Waals surface area contributed by atoms with Gasteiger partial charge in [0.1, 0.15) is 10.5 Å². The smallest absolute Gasteiger partial charge is 0.261 e. The topological polar surface area (TPSA) is 74.6 Å². The van der Waals surface area contributed by atoms with Crippen molar-refractivity contribution in [2.24, 2.45) is 7.05 Å². The maximum Gasteiger partial charge on any atom is 0.261 e. The lowest BCUT2D eigenvalue weighted by Gasteiger charge is -2.08. The predicted molar refractivity (Wildman–Crippen MR) is 115 cm³/mol. The minimum atomic E-state index is -0.0750. The van der Waals surface area contributed by atoms with E-state index in [9.17, 15) is 4.79 Å². The summed E-state index contributed by atoms with van der Waals surface area (Å²) in [4.78, 5) is 14.2. The van der Waals surface area contributed by atoms with Gasteiger partial charge in [0.2, 0.25) is 0 Å². The second kappa shape index (κ2) is 9.28. The monoisotopic (exact) mass is 417 g/mol. The maximum absolute atomic E-state index is 12.5. The van der Waals surface area contributed by atoms with E-state index in [1.54, 1.807) is 18.9 Å². The molecule has 1 amide bonds. The molecule has 0 saturated carbocycles. The maximum atomic E-state index is 12.5. The van der Waals surface area contributed by atoms with Gasteiger partial charge in [-0.2, -0.15) is 5.10 Å². The first kappa shape index (κ1) is 21.1. The molecule has 0 radical (unpaired) electrons. The Kier molecular flexibility index (Phi) is 6.76. The van der Waals surface area contributed by atoms with Crippen molar-refractivity contribution in [3.8, 4) is 22.8 Å². The summed E-state index contributed by atoms with van der Waals surface area (Å²) < 4.78 is 18.0. The molecule has 0 bridgehead atoms. The van der Waals surface area contributed by atoms with Gasteiger partial charge < -0.3 is 19.5 Å². The Labute approximate surface area is 174 Å². The molecule has 0 aliphatic heterocycles. The van der Waals surface area contributed by atoms with Gasteiger partial charge in [0.25, 0.3) is 5.91 Å². The largest absolute Gasteiger partial charge is 0.493 e. The van der Waals surface area contributed by atoms with Gasteiger partial charge in [0.15, 0.2) is 11.5 Å². The summed E-state index contributed by atoms with van der Waals surface area (Å²) in [6, 6.07) is 7.59. The Hall–Kier alpha value is -2.58. The van der Waals surface area contributed by atoms with E-state index in [4.69, 9.17) is 14.2 Å². The first-order valence-electron chi connectivity index (χ1n) is 9.53.